The number of nitrogens with zero attached hydrogens (tertiary/aromatic N) is 2. The van der Waals surface area contributed by atoms with Gasteiger partial charge in [-0.2, -0.15) is 0 Å². The predicted molar refractivity (Wildman–Crippen MR) is 150 cm³/mol. The summed E-state index contributed by atoms with van der Waals surface area (Å²) in [5, 5.41) is 16.3. The molecule has 0 radical (unpaired) electrons. The highest BCUT2D eigenvalue weighted by Gasteiger charge is 2.07. The van der Waals surface area contributed by atoms with Crippen LogP contribution in [0, 0.1) is 0 Å². The quantitative estimate of drug-likeness (QED) is 0.0845. The molecule has 0 fully saturated rings. The molecule has 0 heterocycles. The molecule has 0 aliphatic rings. The van der Waals surface area contributed by atoms with E-state index in [0.717, 1.165) is 48.5 Å². The second-order valence-corrected chi connectivity index (χ2v) is 8.94. The van der Waals surface area contributed by atoms with Crippen molar-refractivity contribution < 1.29 is 5.11 Å². The van der Waals surface area contributed by atoms with Gasteiger partial charge in [0.25, 0.3) is 0 Å². The van der Waals surface area contributed by atoms with Gasteiger partial charge >= 0.3 is 0 Å². The number of amidine groups is 1. The summed E-state index contributed by atoms with van der Waals surface area (Å²) in [7, 11) is 0. The minimum Gasteiger partial charge on any atom is -0.401 e. The highest BCUT2D eigenvalue weighted by molar-refractivity contribution is 8.06. The van der Waals surface area contributed by atoms with Crippen molar-refractivity contribution in [2.24, 2.45) is 15.7 Å². The van der Waals surface area contributed by atoms with E-state index in [9.17, 15) is 0 Å². The van der Waals surface area contributed by atoms with Gasteiger partial charge in [-0.3, -0.25) is 0 Å². The molecule has 5 N–H and O–H groups in total. The number of aliphatic hydroxyl groups excluding tert-OH is 1. The number of allylic oxidation sites excluding steroid dienone is 4. The van der Waals surface area contributed by atoms with Crippen LogP contribution in [0.4, 0.5) is 0 Å². The van der Waals surface area contributed by atoms with Crippen LogP contribution in [0.5, 0.6) is 0 Å². The van der Waals surface area contributed by atoms with Crippen LogP contribution in [0.1, 0.15) is 52.0 Å². The molecule has 6 nitrogen and oxygen atoms in total. The molecule has 1 aromatic carbocycles. The summed E-state index contributed by atoms with van der Waals surface area (Å²) in [5.41, 5.74) is 10.5. The third-order valence-corrected chi connectivity index (χ3v) is 5.93. The zero-order valence-electron chi connectivity index (χ0n) is 20.9. The van der Waals surface area contributed by atoms with Crippen LogP contribution in [0.15, 0.2) is 85.9 Å². The number of aliphatic hydroxyl groups is 1. The number of benzene rings is 1. The van der Waals surface area contributed by atoms with E-state index in [4.69, 9.17) is 10.8 Å². The van der Waals surface area contributed by atoms with Gasteiger partial charge in [0.15, 0.2) is 5.84 Å². The summed E-state index contributed by atoms with van der Waals surface area (Å²) < 4.78 is 0. The molecule has 0 atom stereocenters. The summed E-state index contributed by atoms with van der Waals surface area (Å²) in [6, 6.07) is 10.2. The lowest BCUT2D eigenvalue weighted by Gasteiger charge is -2.13. The Hall–Kier alpha value is -2.61. The predicted octanol–water partition coefficient (Wildman–Crippen LogP) is 5.26. The number of rotatable bonds is 16. The first-order valence-corrected chi connectivity index (χ1v) is 12.6. The molecule has 0 unspecified atom stereocenters. The summed E-state index contributed by atoms with van der Waals surface area (Å²) >= 11 is 1.45. The molecule has 0 amide bonds. The van der Waals surface area contributed by atoms with Crippen LogP contribution >= 0.6 is 11.8 Å². The van der Waals surface area contributed by atoms with Gasteiger partial charge < -0.3 is 21.5 Å². The summed E-state index contributed by atoms with van der Waals surface area (Å²) in [6.45, 7) is 15.7. The van der Waals surface area contributed by atoms with Gasteiger partial charge in [-0.05, 0) is 57.5 Å². The molecule has 0 saturated carbocycles. The van der Waals surface area contributed by atoms with Crippen molar-refractivity contribution in [1.29, 1.82) is 0 Å². The van der Waals surface area contributed by atoms with Crippen LogP contribution in [0.3, 0.4) is 0 Å². The number of hydrogen-bond donors (Lipinski definition) is 4. The van der Waals surface area contributed by atoms with E-state index in [2.05, 4.69) is 66.0 Å². The lowest BCUT2D eigenvalue weighted by Crippen LogP contribution is -2.30. The lowest BCUT2D eigenvalue weighted by molar-refractivity contribution is 0.283. The Kier molecular flexibility index (Phi) is 15.4. The van der Waals surface area contributed by atoms with Gasteiger partial charge in [0, 0.05) is 35.4 Å². The maximum Gasteiger partial charge on any atom is 0.154 e. The second kappa shape index (κ2) is 17.8. The van der Waals surface area contributed by atoms with E-state index < -0.39 is 0 Å². The van der Waals surface area contributed by atoms with E-state index in [1.807, 2.05) is 31.2 Å². The number of nitrogens with one attached hydrogen (secondary N) is 2. The van der Waals surface area contributed by atoms with Crippen LogP contribution in [-0.2, 0) is 6.42 Å². The Balaban J connectivity index is 3.03. The van der Waals surface area contributed by atoms with E-state index in [0.29, 0.717) is 24.0 Å². The van der Waals surface area contributed by atoms with Gasteiger partial charge in [0.1, 0.15) is 0 Å². The third-order valence-electron chi connectivity index (χ3n) is 5.00. The van der Waals surface area contributed by atoms with Crippen molar-refractivity contribution in [2.75, 3.05) is 19.8 Å². The standard InChI is InChI=1S/C27H41N5OS/c1-6-21(3)17-26(25(28)7-2)34-22(4)32-27(29-5)19-24(18-23-13-9-8-10-14-23)31-20-30-15-11-12-16-33/h8-10,13-14,17,19,30-31,33H,4-7,11-12,15-16,18,20,28H2,1-3H3/b21-17+,24-19?,26-25-,32-27?. The molecule has 34 heavy (non-hydrogen) atoms. The molecular formula is C27H41N5OS. The Bertz CT molecular complexity index is 888. The highest BCUT2D eigenvalue weighted by atomic mass is 32.2. The van der Waals surface area contributed by atoms with Crippen molar-refractivity contribution in [3.05, 3.63) is 81.5 Å². The average Bonchev–Trinajstić information content (AvgIpc) is 2.85. The number of thioether (sulfide) groups is 1. The number of unbranched alkanes of at least 4 members (excludes halogenated alkanes) is 1. The van der Waals surface area contributed by atoms with Crippen molar-refractivity contribution in [1.82, 2.24) is 10.6 Å². The lowest BCUT2D eigenvalue weighted by atomic mass is 10.1. The van der Waals surface area contributed by atoms with Gasteiger partial charge in [-0.15, -0.1) is 0 Å². The van der Waals surface area contributed by atoms with Crippen molar-refractivity contribution in [2.45, 2.75) is 52.9 Å². The zero-order valence-corrected chi connectivity index (χ0v) is 21.8. The van der Waals surface area contributed by atoms with Crippen LogP contribution in [0.2, 0.25) is 0 Å². The zero-order chi connectivity index (χ0) is 25.2. The first-order valence-electron chi connectivity index (χ1n) is 11.8. The monoisotopic (exact) mass is 483 g/mol. The molecule has 7 heteroatoms. The highest BCUT2D eigenvalue weighted by Crippen LogP contribution is 2.30. The SMILES string of the molecule is C=NC(C=C(Cc1ccccc1)NCNCCCCO)=NC(=C)SC(/C=C(\C)CC)=C(\N)CC. The molecule has 0 aliphatic carbocycles. The van der Waals surface area contributed by atoms with Crippen molar-refractivity contribution in [3.8, 4) is 0 Å². The van der Waals surface area contributed by atoms with Gasteiger partial charge in [-0.1, -0.05) is 68.1 Å². The fraction of sp³-hybridized carbons (Fsp3) is 0.407. The normalized spacial score (nSPS) is 13.5. The molecule has 0 saturated heterocycles. The third kappa shape index (κ3) is 12.6. The van der Waals surface area contributed by atoms with E-state index in [1.165, 1.54) is 22.9 Å². The molecular weight excluding hydrogens is 442 g/mol. The van der Waals surface area contributed by atoms with Crippen LogP contribution < -0.4 is 16.4 Å². The minimum atomic E-state index is 0.218. The van der Waals surface area contributed by atoms with Crippen LogP contribution in [-0.4, -0.2) is 37.5 Å². The maximum absolute atomic E-state index is 8.92. The second-order valence-electron chi connectivity index (χ2n) is 7.83. The van der Waals surface area contributed by atoms with Crippen molar-refractivity contribution in [3.63, 3.8) is 0 Å². The molecule has 0 aromatic heterocycles. The molecule has 0 spiro atoms. The summed E-state index contributed by atoms with van der Waals surface area (Å²) in [4.78, 5) is 9.70. The summed E-state index contributed by atoms with van der Waals surface area (Å²) in [5.74, 6) is 0.488. The largest absolute Gasteiger partial charge is 0.401 e. The number of nitrogens with two attached hydrogens (primary N) is 1. The van der Waals surface area contributed by atoms with E-state index in [-0.39, 0.29) is 6.61 Å². The molecule has 0 aliphatic heterocycles. The Morgan fingerprint density at radius 1 is 1.15 bits per heavy atom. The molecule has 1 aromatic rings. The van der Waals surface area contributed by atoms with Gasteiger partial charge in [0.05, 0.1) is 11.7 Å². The Morgan fingerprint density at radius 2 is 1.88 bits per heavy atom. The first kappa shape index (κ1) is 29.4. The Labute approximate surface area is 209 Å². The van der Waals surface area contributed by atoms with Crippen LogP contribution in [0.25, 0.3) is 0 Å². The van der Waals surface area contributed by atoms with E-state index in [1.54, 1.807) is 0 Å². The van der Waals surface area contributed by atoms with Gasteiger partial charge in [0.2, 0.25) is 0 Å². The smallest absolute Gasteiger partial charge is 0.154 e. The number of aliphatic imine (C=N–C) groups is 2. The van der Waals surface area contributed by atoms with Gasteiger partial charge in [-0.25, -0.2) is 9.98 Å². The maximum atomic E-state index is 8.92. The molecule has 1 rings (SSSR count). The minimum absolute atomic E-state index is 0.218. The fourth-order valence-electron chi connectivity index (χ4n) is 2.84. The van der Waals surface area contributed by atoms with E-state index >= 15 is 0 Å². The summed E-state index contributed by atoms with van der Waals surface area (Å²) in [6.07, 6.45) is 8.16. The Morgan fingerprint density at radius 3 is 2.50 bits per heavy atom. The van der Waals surface area contributed by atoms with Crippen molar-refractivity contribution >= 4 is 24.3 Å². The topological polar surface area (TPSA) is 95.0 Å². The molecule has 186 valence electrons. The number of hydrogen-bond acceptors (Lipinski definition) is 6. The first-order chi connectivity index (χ1) is 16.4. The molecule has 0 bridgehead atoms. The average molecular weight is 484 g/mol. The fourth-order valence-corrected chi connectivity index (χ4v) is 3.77.